The number of nitrogens with two attached hydrogens (primary N) is 1. The Morgan fingerprint density at radius 1 is 1.21 bits per heavy atom. The number of phosphoric ester groups is 1. The Balaban J connectivity index is 3.76. The minimum Gasteiger partial charge on any atom is -0.379 e. The Labute approximate surface area is 113 Å². The highest BCUT2D eigenvalue weighted by molar-refractivity contribution is 7.47. The highest BCUT2D eigenvalue weighted by Gasteiger charge is 2.23. The minimum atomic E-state index is -4.15. The Kier molecular flexibility index (Phi) is 11.7. The third kappa shape index (κ3) is 11.5. The lowest BCUT2D eigenvalue weighted by Crippen LogP contribution is -2.24. The van der Waals surface area contributed by atoms with Crippen molar-refractivity contribution in [3.05, 3.63) is 0 Å². The van der Waals surface area contributed by atoms with E-state index in [0.29, 0.717) is 6.61 Å². The van der Waals surface area contributed by atoms with Crippen LogP contribution in [0.5, 0.6) is 0 Å². The Morgan fingerprint density at radius 3 is 2.53 bits per heavy atom. The first kappa shape index (κ1) is 18.9. The van der Waals surface area contributed by atoms with E-state index in [9.17, 15) is 9.46 Å². The van der Waals surface area contributed by atoms with Gasteiger partial charge in [-0.05, 0) is 6.42 Å². The fraction of sp³-hybridized carbons (Fsp3) is 1.00. The molecule has 0 aliphatic carbocycles. The Bertz CT molecular complexity index is 254. The predicted molar refractivity (Wildman–Crippen MR) is 68.6 cm³/mol. The second-order valence-electron chi connectivity index (χ2n) is 3.90. The summed E-state index contributed by atoms with van der Waals surface area (Å²) in [6.45, 7) is 2.38. The van der Waals surface area contributed by atoms with E-state index in [0.717, 1.165) is 19.3 Å². The third-order valence-corrected chi connectivity index (χ3v) is 3.13. The number of hydrogen-bond acceptors (Lipinski definition) is 7. The summed E-state index contributed by atoms with van der Waals surface area (Å²) in [4.78, 5) is 13.3. The van der Waals surface area contributed by atoms with Gasteiger partial charge in [0.25, 0.3) is 0 Å². The van der Waals surface area contributed by atoms with Crippen LogP contribution in [0.1, 0.15) is 26.2 Å². The van der Waals surface area contributed by atoms with Gasteiger partial charge >= 0.3 is 7.82 Å². The number of phosphoric acid groups is 1. The molecule has 0 rings (SSSR count). The molecule has 0 aliphatic heterocycles. The van der Waals surface area contributed by atoms with Gasteiger partial charge in [0.05, 0.1) is 19.8 Å². The van der Waals surface area contributed by atoms with E-state index in [-0.39, 0.29) is 26.4 Å². The lowest BCUT2D eigenvalue weighted by Gasteiger charge is -2.16. The molecule has 4 N–H and O–H groups in total. The first-order chi connectivity index (χ1) is 9.05. The van der Waals surface area contributed by atoms with Crippen molar-refractivity contribution in [2.75, 3.05) is 33.0 Å². The number of unbranched alkanes of at least 4 members (excludes halogenated alkanes) is 2. The highest BCUT2D eigenvalue weighted by atomic mass is 31.2. The second kappa shape index (κ2) is 11.7. The van der Waals surface area contributed by atoms with E-state index in [2.05, 4.69) is 20.9 Å². The van der Waals surface area contributed by atoms with Crippen molar-refractivity contribution in [3.63, 3.8) is 0 Å². The summed E-state index contributed by atoms with van der Waals surface area (Å²) in [5, 5.41) is 8.61. The van der Waals surface area contributed by atoms with Crippen molar-refractivity contribution >= 4 is 7.82 Å². The molecular weight excluding hydrogens is 277 g/mol. The summed E-state index contributed by atoms with van der Waals surface area (Å²) in [6, 6.07) is 0. The van der Waals surface area contributed by atoms with Gasteiger partial charge in [-0.1, -0.05) is 19.8 Å². The van der Waals surface area contributed by atoms with Crippen LogP contribution in [0.4, 0.5) is 0 Å². The van der Waals surface area contributed by atoms with Gasteiger partial charge in [0.2, 0.25) is 0 Å². The molecular formula is C10H24NO7P. The predicted octanol–water partition coefficient (Wildman–Crippen LogP) is 1.14. The SMILES string of the molecule is CCCCCOCC(COP(=O)(O)OCCN)OO. The lowest BCUT2D eigenvalue weighted by atomic mass is 10.3. The van der Waals surface area contributed by atoms with E-state index in [4.69, 9.17) is 15.7 Å². The molecule has 0 aliphatic rings. The zero-order chi connectivity index (χ0) is 14.6. The van der Waals surface area contributed by atoms with Crippen LogP contribution in [0.15, 0.2) is 0 Å². The van der Waals surface area contributed by atoms with E-state index in [1.54, 1.807) is 0 Å². The van der Waals surface area contributed by atoms with Crippen molar-refractivity contribution in [3.8, 4) is 0 Å². The topological polar surface area (TPSA) is 120 Å². The number of ether oxygens (including phenoxy) is 1. The van der Waals surface area contributed by atoms with Crippen molar-refractivity contribution in [1.29, 1.82) is 0 Å². The summed E-state index contributed by atoms with van der Waals surface area (Å²) in [5.74, 6) is 0. The smallest absolute Gasteiger partial charge is 0.379 e. The highest BCUT2D eigenvalue weighted by Crippen LogP contribution is 2.42. The molecule has 0 aromatic rings. The summed E-state index contributed by atoms with van der Waals surface area (Å²) >= 11 is 0. The van der Waals surface area contributed by atoms with Crippen molar-refractivity contribution < 1.29 is 33.4 Å². The molecule has 0 amide bonds. The molecule has 0 radical (unpaired) electrons. The molecule has 0 aromatic heterocycles. The van der Waals surface area contributed by atoms with Gasteiger partial charge < -0.3 is 15.4 Å². The zero-order valence-electron chi connectivity index (χ0n) is 11.2. The first-order valence-corrected chi connectivity index (χ1v) is 7.75. The van der Waals surface area contributed by atoms with Crippen LogP contribution in [0.25, 0.3) is 0 Å². The lowest BCUT2D eigenvalue weighted by molar-refractivity contribution is -0.292. The van der Waals surface area contributed by atoms with Crippen LogP contribution in [-0.2, 0) is 23.2 Å². The molecule has 0 spiro atoms. The number of rotatable bonds is 13. The van der Waals surface area contributed by atoms with Crippen LogP contribution >= 0.6 is 7.82 Å². The van der Waals surface area contributed by atoms with Gasteiger partial charge in [0.1, 0.15) is 6.10 Å². The Hall–Kier alpha value is -0.0500. The van der Waals surface area contributed by atoms with Crippen LogP contribution in [0.3, 0.4) is 0 Å². The first-order valence-electron chi connectivity index (χ1n) is 6.25. The van der Waals surface area contributed by atoms with Crippen LogP contribution in [0, 0.1) is 0 Å². The standard InChI is InChI=1S/C10H24NO7P/c1-2-3-4-6-15-8-10(18-12)9-17-19(13,14)16-7-5-11/h10,12H,2-9,11H2,1H3,(H,13,14). The van der Waals surface area contributed by atoms with Gasteiger partial charge in [0, 0.05) is 13.2 Å². The molecule has 0 fully saturated rings. The normalized spacial score (nSPS) is 16.2. The van der Waals surface area contributed by atoms with Gasteiger partial charge in [-0.25, -0.2) is 9.45 Å². The number of hydrogen-bond donors (Lipinski definition) is 3. The van der Waals surface area contributed by atoms with Gasteiger partial charge in [0.15, 0.2) is 0 Å². The summed E-state index contributed by atoms with van der Waals surface area (Å²) in [7, 11) is -4.15. The molecule has 9 heteroatoms. The van der Waals surface area contributed by atoms with E-state index in [1.807, 2.05) is 0 Å². The zero-order valence-corrected chi connectivity index (χ0v) is 12.1. The van der Waals surface area contributed by atoms with E-state index >= 15 is 0 Å². The molecule has 0 aromatic carbocycles. The molecule has 0 heterocycles. The average Bonchev–Trinajstić information content (AvgIpc) is 2.39. The van der Waals surface area contributed by atoms with Gasteiger partial charge in [-0.15, -0.1) is 0 Å². The fourth-order valence-electron chi connectivity index (χ4n) is 1.16. The fourth-order valence-corrected chi connectivity index (χ4v) is 1.93. The van der Waals surface area contributed by atoms with Crippen LogP contribution in [-0.4, -0.2) is 49.2 Å². The summed E-state index contributed by atoms with van der Waals surface area (Å²) in [5.41, 5.74) is 5.13. The molecule has 0 saturated heterocycles. The summed E-state index contributed by atoms with van der Waals surface area (Å²) < 4.78 is 25.7. The van der Waals surface area contributed by atoms with Gasteiger partial charge in [-0.3, -0.25) is 14.3 Å². The van der Waals surface area contributed by atoms with Crippen molar-refractivity contribution in [2.45, 2.75) is 32.3 Å². The maximum atomic E-state index is 11.3. The molecule has 0 saturated carbocycles. The van der Waals surface area contributed by atoms with Crippen molar-refractivity contribution in [1.82, 2.24) is 0 Å². The summed E-state index contributed by atoms with van der Waals surface area (Å²) in [6.07, 6.45) is 2.20. The molecule has 2 atom stereocenters. The van der Waals surface area contributed by atoms with Gasteiger partial charge in [-0.2, -0.15) is 0 Å². The molecule has 8 nitrogen and oxygen atoms in total. The second-order valence-corrected chi connectivity index (χ2v) is 5.35. The third-order valence-electron chi connectivity index (χ3n) is 2.14. The maximum Gasteiger partial charge on any atom is 0.472 e. The largest absolute Gasteiger partial charge is 0.472 e. The maximum absolute atomic E-state index is 11.3. The van der Waals surface area contributed by atoms with Crippen LogP contribution in [0.2, 0.25) is 0 Å². The minimum absolute atomic E-state index is 0.0666. The average molecular weight is 301 g/mol. The van der Waals surface area contributed by atoms with Crippen LogP contribution < -0.4 is 5.73 Å². The van der Waals surface area contributed by atoms with E-state index in [1.165, 1.54) is 0 Å². The Morgan fingerprint density at radius 2 is 1.95 bits per heavy atom. The quantitative estimate of drug-likeness (QED) is 0.200. The molecule has 0 bridgehead atoms. The molecule has 116 valence electrons. The van der Waals surface area contributed by atoms with Crippen molar-refractivity contribution in [2.24, 2.45) is 5.73 Å². The molecule has 2 unspecified atom stereocenters. The molecule has 19 heavy (non-hydrogen) atoms. The van der Waals surface area contributed by atoms with E-state index < -0.39 is 13.9 Å². The monoisotopic (exact) mass is 301 g/mol.